The zero-order valence-corrected chi connectivity index (χ0v) is 6.29. The van der Waals surface area contributed by atoms with Crippen LogP contribution in [0, 0.1) is 0 Å². The molecule has 1 atom stereocenters. The van der Waals surface area contributed by atoms with E-state index in [1.807, 2.05) is 0 Å². The summed E-state index contributed by atoms with van der Waals surface area (Å²) in [7, 11) is 0. The van der Waals surface area contributed by atoms with E-state index < -0.39 is 6.10 Å². The molecule has 1 aromatic rings. The highest BCUT2D eigenvalue weighted by Gasteiger charge is 2.09. The molecule has 6 heteroatoms. The number of aliphatic hydroxyl groups is 1. The second kappa shape index (κ2) is 4.38. The number of hydrogen-bond acceptors (Lipinski definition) is 4. The molecule has 0 aliphatic rings. The molecule has 0 saturated heterocycles. The highest BCUT2D eigenvalue weighted by Crippen LogP contribution is 2.14. The van der Waals surface area contributed by atoms with Crippen molar-refractivity contribution in [2.45, 2.75) is 12.5 Å². The van der Waals surface area contributed by atoms with Crippen molar-refractivity contribution in [3.8, 4) is 0 Å². The van der Waals surface area contributed by atoms with E-state index in [-0.39, 0.29) is 6.54 Å². The maximum absolute atomic E-state index is 9.32. The quantitative estimate of drug-likeness (QED) is 0.418. The van der Waals surface area contributed by atoms with E-state index in [9.17, 15) is 5.11 Å². The van der Waals surface area contributed by atoms with Gasteiger partial charge in [0.15, 0.2) is 5.76 Å². The van der Waals surface area contributed by atoms with Gasteiger partial charge in [-0.3, -0.25) is 0 Å². The number of hydrogen-bond donors (Lipinski definition) is 1. The zero-order chi connectivity index (χ0) is 8.81. The standard InChI is InChI=1S/C6H8N4O2/c7-10-8-3-1-5(11)6-2-4-9-12-6/h2,4-5,11H,1,3H2/t5-/m0/s1. The SMILES string of the molecule is [N-]=[N+]=NCC[C@H](O)c1ccno1. The summed E-state index contributed by atoms with van der Waals surface area (Å²) in [5.41, 5.74) is 7.95. The summed E-state index contributed by atoms with van der Waals surface area (Å²) in [4.78, 5) is 2.56. The molecule has 0 aliphatic carbocycles. The van der Waals surface area contributed by atoms with Crippen LogP contribution in [0.1, 0.15) is 18.3 Å². The average molecular weight is 168 g/mol. The Bertz CT molecular complexity index is 265. The van der Waals surface area contributed by atoms with E-state index in [0.717, 1.165) is 0 Å². The molecule has 0 saturated carbocycles. The fourth-order valence-corrected chi connectivity index (χ4v) is 0.765. The van der Waals surface area contributed by atoms with Crippen molar-refractivity contribution in [2.24, 2.45) is 5.11 Å². The number of azide groups is 1. The molecule has 6 nitrogen and oxygen atoms in total. The van der Waals surface area contributed by atoms with Gasteiger partial charge in [0.1, 0.15) is 6.10 Å². The van der Waals surface area contributed by atoms with Crippen LogP contribution in [0.15, 0.2) is 21.9 Å². The number of rotatable bonds is 4. The molecule has 0 fully saturated rings. The third-order valence-corrected chi connectivity index (χ3v) is 1.35. The first-order valence-electron chi connectivity index (χ1n) is 3.44. The van der Waals surface area contributed by atoms with Gasteiger partial charge in [-0.15, -0.1) is 0 Å². The van der Waals surface area contributed by atoms with Crippen LogP contribution in [-0.4, -0.2) is 16.8 Å². The molecule has 0 aromatic carbocycles. The van der Waals surface area contributed by atoms with Crippen LogP contribution in [0.3, 0.4) is 0 Å². The second-order valence-corrected chi connectivity index (χ2v) is 2.17. The normalized spacial score (nSPS) is 12.1. The molecule has 1 aromatic heterocycles. The van der Waals surface area contributed by atoms with Gasteiger partial charge in [0.2, 0.25) is 0 Å². The van der Waals surface area contributed by atoms with Crippen LogP contribution in [0.5, 0.6) is 0 Å². The number of nitrogens with zero attached hydrogens (tertiary/aromatic N) is 4. The summed E-state index contributed by atoms with van der Waals surface area (Å²) in [5.74, 6) is 0.392. The lowest BCUT2D eigenvalue weighted by molar-refractivity contribution is 0.133. The molecule has 0 aliphatic heterocycles. The number of aromatic nitrogens is 1. The maximum Gasteiger partial charge on any atom is 0.165 e. The second-order valence-electron chi connectivity index (χ2n) is 2.17. The van der Waals surface area contributed by atoms with E-state index in [0.29, 0.717) is 12.2 Å². The lowest BCUT2D eigenvalue weighted by Crippen LogP contribution is -1.96. The first-order valence-corrected chi connectivity index (χ1v) is 3.44. The molecule has 64 valence electrons. The predicted molar refractivity (Wildman–Crippen MR) is 40.1 cm³/mol. The van der Waals surface area contributed by atoms with Crippen molar-refractivity contribution < 1.29 is 9.63 Å². The highest BCUT2D eigenvalue weighted by molar-refractivity contribution is 4.97. The predicted octanol–water partition coefficient (Wildman–Crippen LogP) is 1.41. The first kappa shape index (κ1) is 8.58. The molecule has 1 heterocycles. The molecule has 1 rings (SSSR count). The lowest BCUT2D eigenvalue weighted by Gasteiger charge is -2.01. The van der Waals surface area contributed by atoms with Crippen LogP contribution < -0.4 is 0 Å². The van der Waals surface area contributed by atoms with Crippen molar-refractivity contribution >= 4 is 0 Å². The van der Waals surface area contributed by atoms with Crippen molar-refractivity contribution in [1.82, 2.24) is 5.16 Å². The average Bonchev–Trinajstić information content (AvgIpc) is 2.56. The van der Waals surface area contributed by atoms with Gasteiger partial charge in [0.05, 0.1) is 6.20 Å². The van der Waals surface area contributed by atoms with Gasteiger partial charge in [-0.05, 0) is 12.0 Å². The van der Waals surface area contributed by atoms with Crippen molar-refractivity contribution in [2.75, 3.05) is 6.54 Å². The van der Waals surface area contributed by atoms with Gasteiger partial charge in [0, 0.05) is 17.5 Å². The van der Waals surface area contributed by atoms with Gasteiger partial charge >= 0.3 is 0 Å². The molecule has 12 heavy (non-hydrogen) atoms. The summed E-state index contributed by atoms with van der Waals surface area (Å²) < 4.78 is 4.69. The zero-order valence-electron chi connectivity index (χ0n) is 6.29. The van der Waals surface area contributed by atoms with Gasteiger partial charge in [-0.25, -0.2) is 0 Å². The number of aliphatic hydroxyl groups excluding tert-OH is 1. The molecule has 0 spiro atoms. The summed E-state index contributed by atoms with van der Waals surface area (Å²) in [6.45, 7) is 0.248. The Labute approximate surface area is 68.4 Å². The minimum Gasteiger partial charge on any atom is -0.385 e. The third-order valence-electron chi connectivity index (χ3n) is 1.35. The Hall–Kier alpha value is -1.52. The largest absolute Gasteiger partial charge is 0.385 e. The fourth-order valence-electron chi connectivity index (χ4n) is 0.765. The Kier molecular flexibility index (Phi) is 3.13. The molecular weight excluding hydrogens is 160 g/mol. The lowest BCUT2D eigenvalue weighted by atomic mass is 10.2. The molecule has 0 unspecified atom stereocenters. The third kappa shape index (κ3) is 2.26. The minimum atomic E-state index is -0.738. The smallest absolute Gasteiger partial charge is 0.165 e. The molecular formula is C6H8N4O2. The van der Waals surface area contributed by atoms with Gasteiger partial charge in [0.25, 0.3) is 0 Å². The fraction of sp³-hybridized carbons (Fsp3) is 0.500. The minimum absolute atomic E-state index is 0.248. The summed E-state index contributed by atoms with van der Waals surface area (Å²) in [6, 6.07) is 1.57. The van der Waals surface area contributed by atoms with Crippen molar-refractivity contribution in [3.63, 3.8) is 0 Å². The molecule has 0 radical (unpaired) electrons. The Morgan fingerprint density at radius 2 is 2.67 bits per heavy atom. The van der Waals surface area contributed by atoms with E-state index in [1.165, 1.54) is 6.20 Å². The molecule has 0 bridgehead atoms. The highest BCUT2D eigenvalue weighted by atomic mass is 16.5. The monoisotopic (exact) mass is 168 g/mol. The maximum atomic E-state index is 9.32. The topological polar surface area (TPSA) is 95.0 Å². The van der Waals surface area contributed by atoms with Crippen LogP contribution in [-0.2, 0) is 0 Å². The Morgan fingerprint density at radius 3 is 3.25 bits per heavy atom. The van der Waals surface area contributed by atoms with Crippen LogP contribution >= 0.6 is 0 Å². The van der Waals surface area contributed by atoms with Gasteiger partial charge in [-0.1, -0.05) is 10.3 Å². The Morgan fingerprint density at radius 1 is 1.83 bits per heavy atom. The van der Waals surface area contributed by atoms with E-state index >= 15 is 0 Å². The first-order chi connectivity index (χ1) is 5.84. The van der Waals surface area contributed by atoms with Crippen molar-refractivity contribution in [1.29, 1.82) is 0 Å². The Balaban J connectivity index is 2.39. The summed E-state index contributed by atoms with van der Waals surface area (Å²) in [5, 5.41) is 16.0. The molecule has 0 amide bonds. The van der Waals surface area contributed by atoms with E-state index in [4.69, 9.17) is 10.1 Å². The van der Waals surface area contributed by atoms with E-state index in [1.54, 1.807) is 6.07 Å². The summed E-state index contributed by atoms with van der Waals surface area (Å²) in [6.07, 6.45) is 1.06. The van der Waals surface area contributed by atoms with Gasteiger partial charge < -0.3 is 9.63 Å². The summed E-state index contributed by atoms with van der Waals surface area (Å²) >= 11 is 0. The van der Waals surface area contributed by atoms with Gasteiger partial charge in [-0.2, -0.15) is 0 Å². The van der Waals surface area contributed by atoms with Crippen LogP contribution in [0.25, 0.3) is 10.4 Å². The van der Waals surface area contributed by atoms with E-state index in [2.05, 4.69) is 15.2 Å². The van der Waals surface area contributed by atoms with Crippen LogP contribution in [0.4, 0.5) is 0 Å². The van der Waals surface area contributed by atoms with Crippen LogP contribution in [0.2, 0.25) is 0 Å². The van der Waals surface area contributed by atoms with Crippen molar-refractivity contribution in [3.05, 3.63) is 28.5 Å². The molecule has 1 N–H and O–H groups in total.